The molecule has 1 heterocycles. The third-order valence-electron chi connectivity index (χ3n) is 3.44. The van der Waals surface area contributed by atoms with Crippen LogP contribution in [-0.4, -0.2) is 20.0 Å². The minimum absolute atomic E-state index is 0.0726. The van der Waals surface area contributed by atoms with Crippen LogP contribution in [0.15, 0.2) is 34.0 Å². The van der Waals surface area contributed by atoms with Crippen molar-refractivity contribution in [3.8, 4) is 6.07 Å². The van der Waals surface area contributed by atoms with E-state index in [1.807, 2.05) is 0 Å². The summed E-state index contributed by atoms with van der Waals surface area (Å²) >= 11 is 5.88. The van der Waals surface area contributed by atoms with E-state index in [0.29, 0.717) is 4.57 Å². The molecule has 1 aromatic carbocycles. The number of nitrogens with zero attached hydrogens (tertiary/aromatic N) is 4. The first-order valence-electron chi connectivity index (χ1n) is 7.26. The number of carbonyl (C=O) groups excluding carboxylic acids is 1. The van der Waals surface area contributed by atoms with Gasteiger partial charge in [-0.05, 0) is 13.0 Å². The molecule has 0 saturated heterocycles. The van der Waals surface area contributed by atoms with Crippen LogP contribution in [-0.2, 0) is 17.9 Å². The number of nitro groups is 1. The molecule has 0 unspecified atom stereocenters. The Labute approximate surface area is 151 Å². The van der Waals surface area contributed by atoms with Gasteiger partial charge in [-0.2, -0.15) is 5.26 Å². The first kappa shape index (κ1) is 18.9. The number of amides is 1. The number of nitro benzene ring substituents is 1. The van der Waals surface area contributed by atoms with Gasteiger partial charge in [-0.25, -0.2) is 9.36 Å². The highest BCUT2D eigenvalue weighted by atomic mass is 35.5. The normalized spacial score (nSPS) is 10.2. The number of hydrogen-bond donors (Lipinski definition) is 1. The van der Waals surface area contributed by atoms with E-state index in [-0.39, 0.29) is 28.5 Å². The zero-order chi connectivity index (χ0) is 19.4. The highest BCUT2D eigenvalue weighted by Gasteiger charge is 2.16. The largest absolute Gasteiger partial charge is 0.331 e. The van der Waals surface area contributed by atoms with E-state index in [2.05, 4.69) is 5.32 Å². The molecule has 0 aliphatic carbocycles. The van der Waals surface area contributed by atoms with Crippen LogP contribution in [0.3, 0.4) is 0 Å². The molecule has 0 spiro atoms. The standard InChI is InChI=1S/C15H12ClN5O5/c1-2-19-7-9(6-17)14(23)20(15(19)24)8-13(22)18-12-4-3-10(21(25)26)5-11(12)16/h3-5,7H,2,8H2,1H3,(H,18,22). The Morgan fingerprint density at radius 2 is 2.12 bits per heavy atom. The van der Waals surface area contributed by atoms with Crippen LogP contribution in [0.5, 0.6) is 0 Å². The summed E-state index contributed by atoms with van der Waals surface area (Å²) in [6.45, 7) is 1.22. The topological polar surface area (TPSA) is 140 Å². The molecule has 0 atom stereocenters. The molecule has 0 fully saturated rings. The molecule has 0 saturated carbocycles. The minimum Gasteiger partial charge on any atom is -0.323 e. The van der Waals surface area contributed by atoms with Crippen LogP contribution in [0, 0.1) is 21.4 Å². The summed E-state index contributed by atoms with van der Waals surface area (Å²) in [5, 5.41) is 22.0. The predicted molar refractivity (Wildman–Crippen MR) is 92.1 cm³/mol. The number of aromatic nitrogens is 2. The maximum atomic E-state index is 12.2. The lowest BCUT2D eigenvalue weighted by Crippen LogP contribution is -2.43. The third kappa shape index (κ3) is 3.79. The molecule has 0 aliphatic rings. The monoisotopic (exact) mass is 377 g/mol. The van der Waals surface area contributed by atoms with Crippen LogP contribution in [0.25, 0.3) is 0 Å². The number of non-ortho nitro benzene ring substituents is 1. The average molecular weight is 378 g/mol. The molecule has 0 radical (unpaired) electrons. The highest BCUT2D eigenvalue weighted by molar-refractivity contribution is 6.33. The Kier molecular flexibility index (Phi) is 5.54. The molecule has 2 aromatic rings. The maximum absolute atomic E-state index is 12.2. The van der Waals surface area contributed by atoms with Crippen molar-refractivity contribution < 1.29 is 9.72 Å². The molecule has 1 aromatic heterocycles. The van der Waals surface area contributed by atoms with Gasteiger partial charge in [0.1, 0.15) is 18.2 Å². The highest BCUT2D eigenvalue weighted by Crippen LogP contribution is 2.26. The molecule has 0 bridgehead atoms. The van der Waals surface area contributed by atoms with Crippen LogP contribution in [0.4, 0.5) is 11.4 Å². The van der Waals surface area contributed by atoms with Gasteiger partial charge in [0.05, 0.1) is 15.6 Å². The Balaban J connectivity index is 2.32. The van der Waals surface area contributed by atoms with Crippen LogP contribution >= 0.6 is 11.6 Å². The Morgan fingerprint density at radius 1 is 1.42 bits per heavy atom. The number of nitriles is 1. The van der Waals surface area contributed by atoms with E-state index in [0.717, 1.165) is 22.9 Å². The zero-order valence-corrected chi connectivity index (χ0v) is 14.2. The number of aryl methyl sites for hydroxylation is 1. The number of carbonyl (C=O) groups is 1. The number of anilines is 1. The zero-order valence-electron chi connectivity index (χ0n) is 13.4. The second-order valence-electron chi connectivity index (χ2n) is 5.08. The molecule has 10 nitrogen and oxygen atoms in total. The first-order chi connectivity index (χ1) is 12.3. The molecule has 1 amide bonds. The van der Waals surface area contributed by atoms with Gasteiger partial charge in [-0.15, -0.1) is 0 Å². The summed E-state index contributed by atoms with van der Waals surface area (Å²) in [6.07, 6.45) is 1.13. The van der Waals surface area contributed by atoms with Crippen molar-refractivity contribution in [1.82, 2.24) is 9.13 Å². The first-order valence-corrected chi connectivity index (χ1v) is 7.64. The summed E-state index contributed by atoms with van der Waals surface area (Å²) in [7, 11) is 0. The summed E-state index contributed by atoms with van der Waals surface area (Å²) < 4.78 is 1.77. The Bertz CT molecular complexity index is 1050. The lowest BCUT2D eigenvalue weighted by atomic mass is 10.3. The second kappa shape index (κ2) is 7.62. The molecule has 2 rings (SSSR count). The van der Waals surface area contributed by atoms with Gasteiger partial charge in [0.25, 0.3) is 11.2 Å². The van der Waals surface area contributed by atoms with Crippen molar-refractivity contribution in [1.29, 1.82) is 5.26 Å². The summed E-state index contributed by atoms with van der Waals surface area (Å²) in [5.74, 6) is -0.752. The summed E-state index contributed by atoms with van der Waals surface area (Å²) in [6, 6.07) is 5.12. The number of benzene rings is 1. The smallest absolute Gasteiger partial charge is 0.323 e. The van der Waals surface area contributed by atoms with E-state index < -0.39 is 28.6 Å². The second-order valence-corrected chi connectivity index (χ2v) is 5.49. The van der Waals surface area contributed by atoms with Crippen LogP contribution < -0.4 is 16.6 Å². The van der Waals surface area contributed by atoms with Crippen molar-refractivity contribution >= 4 is 28.9 Å². The SMILES string of the molecule is CCn1cc(C#N)c(=O)n(CC(=O)Nc2ccc([N+](=O)[O-])cc2Cl)c1=O. The van der Waals surface area contributed by atoms with E-state index >= 15 is 0 Å². The van der Waals surface area contributed by atoms with Gasteiger partial charge in [0.2, 0.25) is 5.91 Å². The molecule has 134 valence electrons. The summed E-state index contributed by atoms with van der Waals surface area (Å²) in [4.78, 5) is 46.5. The Hall–Kier alpha value is -3.45. The van der Waals surface area contributed by atoms with E-state index in [1.54, 1.807) is 13.0 Å². The molecule has 0 aliphatic heterocycles. The average Bonchev–Trinajstić information content (AvgIpc) is 2.60. The van der Waals surface area contributed by atoms with Gasteiger partial charge in [0.15, 0.2) is 0 Å². The van der Waals surface area contributed by atoms with Gasteiger partial charge in [-0.1, -0.05) is 11.6 Å². The van der Waals surface area contributed by atoms with E-state index in [1.165, 1.54) is 6.07 Å². The number of rotatable bonds is 5. The fourth-order valence-corrected chi connectivity index (χ4v) is 2.37. The number of hydrogen-bond acceptors (Lipinski definition) is 6. The molecule has 11 heteroatoms. The van der Waals surface area contributed by atoms with Crippen molar-refractivity contribution in [3.63, 3.8) is 0 Å². The van der Waals surface area contributed by atoms with E-state index in [9.17, 15) is 24.5 Å². The lowest BCUT2D eigenvalue weighted by Gasteiger charge is -2.10. The molecular weight excluding hydrogens is 366 g/mol. The third-order valence-corrected chi connectivity index (χ3v) is 3.75. The fourth-order valence-electron chi connectivity index (χ4n) is 2.15. The minimum atomic E-state index is -0.882. The van der Waals surface area contributed by atoms with Crippen LogP contribution in [0.2, 0.25) is 5.02 Å². The molecule has 1 N–H and O–H groups in total. The number of halogens is 1. The van der Waals surface area contributed by atoms with Crippen molar-refractivity contribution in [2.75, 3.05) is 5.32 Å². The quantitative estimate of drug-likeness (QED) is 0.611. The lowest BCUT2D eigenvalue weighted by molar-refractivity contribution is -0.384. The van der Waals surface area contributed by atoms with E-state index in [4.69, 9.17) is 16.9 Å². The number of nitrogens with one attached hydrogen (secondary N) is 1. The van der Waals surface area contributed by atoms with Crippen molar-refractivity contribution in [3.05, 3.63) is 65.9 Å². The van der Waals surface area contributed by atoms with Gasteiger partial charge < -0.3 is 5.32 Å². The van der Waals surface area contributed by atoms with Crippen LogP contribution in [0.1, 0.15) is 12.5 Å². The fraction of sp³-hybridized carbons (Fsp3) is 0.200. The van der Waals surface area contributed by atoms with Crippen molar-refractivity contribution in [2.24, 2.45) is 0 Å². The molecule has 26 heavy (non-hydrogen) atoms. The summed E-state index contributed by atoms with van der Waals surface area (Å²) in [5.41, 5.74) is -2.06. The molecular formula is C15H12ClN5O5. The van der Waals surface area contributed by atoms with Gasteiger partial charge in [-0.3, -0.25) is 24.3 Å². The Morgan fingerprint density at radius 3 is 2.65 bits per heavy atom. The van der Waals surface area contributed by atoms with Gasteiger partial charge >= 0.3 is 5.69 Å². The predicted octanol–water partition coefficient (Wildman–Crippen LogP) is 1.10. The van der Waals surface area contributed by atoms with Gasteiger partial charge in [0, 0.05) is 24.9 Å². The van der Waals surface area contributed by atoms with Crippen molar-refractivity contribution in [2.45, 2.75) is 20.0 Å². The maximum Gasteiger partial charge on any atom is 0.331 e.